The summed E-state index contributed by atoms with van der Waals surface area (Å²) in [6.45, 7) is -2.60. The van der Waals surface area contributed by atoms with Gasteiger partial charge in [0.2, 0.25) is 0 Å². The summed E-state index contributed by atoms with van der Waals surface area (Å²) in [7, 11) is 0. The number of amides is 1. The number of carbonyl (C=O) groups excluding carboxylic acids is 1. The molecule has 0 aromatic heterocycles. The van der Waals surface area contributed by atoms with E-state index in [-0.39, 0.29) is 16.3 Å². The van der Waals surface area contributed by atoms with Gasteiger partial charge in [0, 0.05) is 6.54 Å². The fourth-order valence-corrected chi connectivity index (χ4v) is 1.64. The molecule has 0 aliphatic rings. The van der Waals surface area contributed by atoms with Gasteiger partial charge in [-0.05, 0) is 18.2 Å². The molecule has 0 spiro atoms. The molecule has 4 nitrogen and oxygen atoms in total. The van der Waals surface area contributed by atoms with Crippen molar-refractivity contribution < 1.29 is 28.2 Å². The minimum Gasteiger partial charge on any atom is -0.508 e. The van der Waals surface area contributed by atoms with Crippen molar-refractivity contribution in [1.82, 2.24) is 4.90 Å². The summed E-state index contributed by atoms with van der Waals surface area (Å²) in [5.74, 6) is -1.30. The average Bonchev–Trinajstić information content (AvgIpc) is 2.29. The number of phenolic OH excluding ortho intramolecular Hbond substituents is 1. The van der Waals surface area contributed by atoms with Crippen LogP contribution < -0.4 is 0 Å². The van der Waals surface area contributed by atoms with Gasteiger partial charge < -0.3 is 15.1 Å². The molecule has 106 valence electrons. The monoisotopic (exact) mass is 297 g/mol. The number of nitrogens with zero attached hydrogens (tertiary/aromatic N) is 1. The Bertz CT molecular complexity index is 465. The second-order valence-corrected chi connectivity index (χ2v) is 4.14. The minimum atomic E-state index is -4.59. The van der Waals surface area contributed by atoms with Crippen molar-refractivity contribution in [2.75, 3.05) is 19.7 Å². The Morgan fingerprint density at radius 2 is 2.00 bits per heavy atom. The van der Waals surface area contributed by atoms with Gasteiger partial charge in [-0.1, -0.05) is 11.6 Å². The molecule has 0 atom stereocenters. The van der Waals surface area contributed by atoms with E-state index in [1.54, 1.807) is 0 Å². The number of hydrogen-bond donors (Lipinski definition) is 2. The van der Waals surface area contributed by atoms with Crippen LogP contribution in [-0.4, -0.2) is 46.9 Å². The van der Waals surface area contributed by atoms with Gasteiger partial charge in [-0.15, -0.1) is 0 Å². The van der Waals surface area contributed by atoms with Gasteiger partial charge in [-0.25, -0.2) is 0 Å². The first-order valence-electron chi connectivity index (χ1n) is 5.20. The molecule has 0 saturated heterocycles. The second-order valence-electron chi connectivity index (χ2n) is 3.73. The predicted octanol–water partition coefficient (Wildman–Crippen LogP) is 2.04. The van der Waals surface area contributed by atoms with Gasteiger partial charge in [0.15, 0.2) is 0 Å². The zero-order chi connectivity index (χ0) is 14.6. The molecule has 1 aromatic carbocycles. The van der Waals surface area contributed by atoms with Crippen LogP contribution in [0.3, 0.4) is 0 Å². The molecule has 0 bridgehead atoms. The van der Waals surface area contributed by atoms with Gasteiger partial charge in [0.1, 0.15) is 12.3 Å². The van der Waals surface area contributed by atoms with E-state index >= 15 is 0 Å². The van der Waals surface area contributed by atoms with Gasteiger partial charge in [-0.2, -0.15) is 13.2 Å². The molecule has 0 aliphatic carbocycles. The molecule has 0 radical (unpaired) electrons. The first kappa shape index (κ1) is 15.6. The number of aromatic hydroxyl groups is 1. The fraction of sp³-hybridized carbons (Fsp3) is 0.364. The number of benzene rings is 1. The van der Waals surface area contributed by atoms with E-state index in [1.165, 1.54) is 12.1 Å². The highest BCUT2D eigenvalue weighted by Crippen LogP contribution is 2.24. The van der Waals surface area contributed by atoms with Gasteiger partial charge >= 0.3 is 6.18 Å². The van der Waals surface area contributed by atoms with Crippen molar-refractivity contribution in [2.24, 2.45) is 0 Å². The van der Waals surface area contributed by atoms with Gasteiger partial charge in [0.05, 0.1) is 17.2 Å². The first-order valence-corrected chi connectivity index (χ1v) is 5.58. The Kier molecular flexibility index (Phi) is 5.02. The standard InChI is InChI=1S/C11H11ClF3NO3/c12-9-2-1-7(18)5-8(9)10(19)16(3-4-17)6-11(13,14)15/h1-2,5,17-18H,3-4,6H2. The Labute approximate surface area is 112 Å². The highest BCUT2D eigenvalue weighted by molar-refractivity contribution is 6.33. The summed E-state index contributed by atoms with van der Waals surface area (Å²) in [4.78, 5) is 12.3. The lowest BCUT2D eigenvalue weighted by Gasteiger charge is -2.23. The normalized spacial score (nSPS) is 11.4. The third kappa shape index (κ3) is 4.60. The maximum Gasteiger partial charge on any atom is 0.406 e. The number of carbonyl (C=O) groups is 1. The molecule has 0 heterocycles. The number of phenols is 1. The molecule has 0 unspecified atom stereocenters. The van der Waals surface area contributed by atoms with E-state index < -0.39 is 31.8 Å². The molecule has 1 rings (SSSR count). The fourth-order valence-electron chi connectivity index (χ4n) is 1.44. The first-order chi connectivity index (χ1) is 8.74. The SMILES string of the molecule is O=C(c1cc(O)ccc1Cl)N(CCO)CC(F)(F)F. The molecule has 0 saturated carbocycles. The van der Waals surface area contributed by atoms with Crippen LogP contribution in [0, 0.1) is 0 Å². The molecule has 8 heteroatoms. The van der Waals surface area contributed by atoms with E-state index in [0.717, 1.165) is 6.07 Å². The highest BCUT2D eigenvalue weighted by atomic mass is 35.5. The molecule has 19 heavy (non-hydrogen) atoms. The number of aliphatic hydroxyl groups is 1. The van der Waals surface area contributed by atoms with Crippen molar-refractivity contribution in [3.8, 4) is 5.75 Å². The van der Waals surface area contributed by atoms with Crippen LogP contribution in [-0.2, 0) is 0 Å². The van der Waals surface area contributed by atoms with Crippen LogP contribution in [0.4, 0.5) is 13.2 Å². The Morgan fingerprint density at radius 1 is 1.37 bits per heavy atom. The smallest absolute Gasteiger partial charge is 0.406 e. The van der Waals surface area contributed by atoms with Crippen molar-refractivity contribution in [1.29, 1.82) is 0 Å². The van der Waals surface area contributed by atoms with Crippen LogP contribution in [0.5, 0.6) is 5.75 Å². The van der Waals surface area contributed by atoms with Crippen molar-refractivity contribution in [3.63, 3.8) is 0 Å². The molecule has 1 aromatic rings. The second kappa shape index (κ2) is 6.12. The zero-order valence-corrected chi connectivity index (χ0v) is 10.4. The highest BCUT2D eigenvalue weighted by Gasteiger charge is 2.33. The quantitative estimate of drug-likeness (QED) is 0.894. The summed E-state index contributed by atoms with van der Waals surface area (Å²) in [5.41, 5.74) is -0.251. The lowest BCUT2D eigenvalue weighted by molar-refractivity contribution is -0.141. The Balaban J connectivity index is 3.02. The molecule has 1 amide bonds. The topological polar surface area (TPSA) is 60.8 Å². The molecule has 0 aliphatic heterocycles. The predicted molar refractivity (Wildman–Crippen MR) is 62.2 cm³/mol. The summed E-state index contributed by atoms with van der Waals surface area (Å²) in [6, 6.07) is 3.39. The number of aliphatic hydroxyl groups excluding tert-OH is 1. The Morgan fingerprint density at radius 3 is 2.53 bits per heavy atom. The summed E-state index contributed by atoms with van der Waals surface area (Å²) in [6.07, 6.45) is -4.59. The van der Waals surface area contributed by atoms with Crippen molar-refractivity contribution >= 4 is 17.5 Å². The maximum atomic E-state index is 12.3. The molecule has 0 fully saturated rings. The van der Waals surface area contributed by atoms with Crippen LogP contribution in [0.15, 0.2) is 18.2 Å². The summed E-state index contributed by atoms with van der Waals surface area (Å²) >= 11 is 5.70. The number of halogens is 4. The number of rotatable bonds is 4. The lowest BCUT2D eigenvalue weighted by Crippen LogP contribution is -2.40. The molecular formula is C11H11ClF3NO3. The maximum absolute atomic E-state index is 12.3. The summed E-state index contributed by atoms with van der Waals surface area (Å²) in [5, 5.41) is 17.9. The minimum absolute atomic E-state index is 0.0760. The van der Waals surface area contributed by atoms with E-state index in [2.05, 4.69) is 0 Å². The van der Waals surface area contributed by atoms with Gasteiger partial charge in [-0.3, -0.25) is 4.79 Å². The molecule has 2 N–H and O–H groups in total. The Hall–Kier alpha value is -1.47. The van der Waals surface area contributed by atoms with Crippen LogP contribution in [0.2, 0.25) is 5.02 Å². The van der Waals surface area contributed by atoms with E-state index in [4.69, 9.17) is 16.7 Å². The van der Waals surface area contributed by atoms with Gasteiger partial charge in [0.25, 0.3) is 5.91 Å². The van der Waals surface area contributed by atoms with Crippen molar-refractivity contribution in [2.45, 2.75) is 6.18 Å². The summed E-state index contributed by atoms with van der Waals surface area (Å²) < 4.78 is 37.0. The van der Waals surface area contributed by atoms with E-state index in [1.807, 2.05) is 0 Å². The van der Waals surface area contributed by atoms with Crippen LogP contribution in [0.25, 0.3) is 0 Å². The molecular weight excluding hydrogens is 287 g/mol. The lowest BCUT2D eigenvalue weighted by atomic mass is 10.2. The number of alkyl halides is 3. The average molecular weight is 298 g/mol. The van der Waals surface area contributed by atoms with Crippen molar-refractivity contribution in [3.05, 3.63) is 28.8 Å². The van der Waals surface area contributed by atoms with Crippen LogP contribution in [0.1, 0.15) is 10.4 Å². The van der Waals surface area contributed by atoms with Crippen LogP contribution >= 0.6 is 11.6 Å². The number of hydrogen-bond acceptors (Lipinski definition) is 3. The van der Waals surface area contributed by atoms with E-state index in [0.29, 0.717) is 4.90 Å². The largest absolute Gasteiger partial charge is 0.508 e. The zero-order valence-electron chi connectivity index (χ0n) is 9.62. The third-order valence-corrected chi connectivity index (χ3v) is 2.54. The third-order valence-electron chi connectivity index (χ3n) is 2.21. The van der Waals surface area contributed by atoms with E-state index in [9.17, 15) is 23.1 Å².